The third kappa shape index (κ3) is 17.0. The van der Waals surface area contributed by atoms with Gasteiger partial charge in [0.2, 0.25) is 0 Å². The summed E-state index contributed by atoms with van der Waals surface area (Å²) < 4.78 is 0. The highest BCUT2D eigenvalue weighted by molar-refractivity contribution is 7.99. The van der Waals surface area contributed by atoms with Crippen LogP contribution in [0.25, 0.3) is 0 Å². The molecule has 0 aliphatic carbocycles. The van der Waals surface area contributed by atoms with Gasteiger partial charge in [0.25, 0.3) is 0 Å². The second-order valence-corrected chi connectivity index (χ2v) is 1.69. The Morgan fingerprint density at radius 3 is 2.00 bits per heavy atom. The summed E-state index contributed by atoms with van der Waals surface area (Å²) in [5.74, 6) is -0.539. The Balaban J connectivity index is 0. The first kappa shape index (κ1) is 10.7. The van der Waals surface area contributed by atoms with Crippen LogP contribution in [0.5, 0.6) is 0 Å². The van der Waals surface area contributed by atoms with E-state index in [1.165, 1.54) is 11.8 Å². The molecule has 0 radical (unpaired) electrons. The van der Waals surface area contributed by atoms with Crippen LogP contribution in [0.1, 0.15) is 13.8 Å². The normalized spacial score (nSPS) is 6.88. The molecule has 0 rings (SSSR count). The maximum Gasteiger partial charge on any atom is 0.313 e. The highest BCUT2D eigenvalue weighted by Crippen LogP contribution is 1.87. The van der Waals surface area contributed by atoms with E-state index in [0.717, 1.165) is 0 Å². The molecule has 0 aromatic heterocycles. The average molecular weight is 136 g/mol. The fourth-order valence-corrected chi connectivity index (χ4v) is 0.370. The molecule has 2 nitrogen and oxygen atoms in total. The summed E-state index contributed by atoms with van der Waals surface area (Å²) in [6.45, 7) is 4.00. The molecular formula is C5H12O2S. The Labute approximate surface area is 54.3 Å². The van der Waals surface area contributed by atoms with Crippen LogP contribution in [0.4, 0.5) is 0 Å². The summed E-state index contributed by atoms with van der Waals surface area (Å²) in [4.78, 5) is 9.58. The molecule has 1 N–H and O–H groups in total. The number of hydrogen-bond acceptors (Lipinski definition) is 2. The zero-order valence-corrected chi connectivity index (χ0v) is 6.29. The zero-order chi connectivity index (χ0) is 6.99. The topological polar surface area (TPSA) is 37.3 Å². The fourth-order valence-electron chi connectivity index (χ4n) is 0.123. The van der Waals surface area contributed by atoms with Gasteiger partial charge in [0, 0.05) is 0 Å². The monoisotopic (exact) mass is 136 g/mol. The molecule has 8 heavy (non-hydrogen) atoms. The molecule has 0 unspecified atom stereocenters. The van der Waals surface area contributed by atoms with E-state index in [-0.39, 0.29) is 5.75 Å². The van der Waals surface area contributed by atoms with Crippen LogP contribution >= 0.6 is 11.8 Å². The van der Waals surface area contributed by atoms with Crippen LogP contribution in [-0.4, -0.2) is 23.1 Å². The Bertz CT molecular complexity index is 54.4. The Kier molecular flexibility index (Phi) is 13.3. The lowest BCUT2D eigenvalue weighted by Crippen LogP contribution is -1.95. The van der Waals surface area contributed by atoms with Gasteiger partial charge in [-0.1, -0.05) is 13.8 Å². The lowest BCUT2D eigenvalue weighted by molar-refractivity contribution is -0.133. The van der Waals surface area contributed by atoms with E-state index in [2.05, 4.69) is 0 Å². The highest BCUT2D eigenvalue weighted by Gasteiger charge is 1.87. The van der Waals surface area contributed by atoms with Crippen molar-refractivity contribution in [2.45, 2.75) is 13.8 Å². The van der Waals surface area contributed by atoms with Gasteiger partial charge in [-0.3, -0.25) is 4.79 Å². The molecule has 0 atom stereocenters. The van der Waals surface area contributed by atoms with Crippen LogP contribution in [0.3, 0.4) is 0 Å². The van der Waals surface area contributed by atoms with Crippen molar-refractivity contribution in [1.82, 2.24) is 0 Å². The first-order chi connectivity index (χ1) is 3.77. The van der Waals surface area contributed by atoms with E-state index in [1.807, 2.05) is 13.8 Å². The van der Waals surface area contributed by atoms with E-state index in [0.29, 0.717) is 0 Å². The lowest BCUT2D eigenvalue weighted by Gasteiger charge is -1.80. The van der Waals surface area contributed by atoms with Crippen LogP contribution < -0.4 is 0 Å². The summed E-state index contributed by atoms with van der Waals surface area (Å²) in [6, 6.07) is 0. The number of thioether (sulfide) groups is 1. The van der Waals surface area contributed by atoms with Gasteiger partial charge in [-0.2, -0.15) is 11.8 Å². The van der Waals surface area contributed by atoms with E-state index in [4.69, 9.17) is 5.11 Å². The van der Waals surface area contributed by atoms with Crippen molar-refractivity contribution >= 4 is 17.7 Å². The number of carboxylic acids is 1. The van der Waals surface area contributed by atoms with Crippen molar-refractivity contribution in [1.29, 1.82) is 0 Å². The van der Waals surface area contributed by atoms with Crippen molar-refractivity contribution in [2.24, 2.45) is 0 Å². The smallest absolute Gasteiger partial charge is 0.313 e. The van der Waals surface area contributed by atoms with Crippen molar-refractivity contribution in [2.75, 3.05) is 12.0 Å². The first-order valence-corrected chi connectivity index (χ1v) is 3.87. The summed E-state index contributed by atoms with van der Waals surface area (Å²) in [6.07, 6.45) is 1.76. The fraction of sp³-hybridized carbons (Fsp3) is 0.800. The first-order valence-electron chi connectivity index (χ1n) is 2.48. The van der Waals surface area contributed by atoms with E-state index < -0.39 is 5.97 Å². The minimum Gasteiger partial charge on any atom is -0.481 e. The standard InChI is InChI=1S/C3H6O2S.C2H6/c1-6-2-3(4)5;1-2/h2H2,1H3,(H,4,5);1-2H3. The Hall–Kier alpha value is -0.180. The van der Waals surface area contributed by atoms with Gasteiger partial charge in [0.1, 0.15) is 0 Å². The molecule has 0 bridgehead atoms. The molecule has 0 saturated heterocycles. The van der Waals surface area contributed by atoms with E-state index in [9.17, 15) is 4.79 Å². The molecule has 0 aromatic rings. The van der Waals surface area contributed by atoms with Gasteiger partial charge in [-0.25, -0.2) is 0 Å². The molecule has 3 heteroatoms. The average Bonchev–Trinajstić information content (AvgIpc) is 1.72. The summed E-state index contributed by atoms with van der Waals surface area (Å²) in [7, 11) is 0. The van der Waals surface area contributed by atoms with Crippen molar-refractivity contribution in [3.05, 3.63) is 0 Å². The molecule has 50 valence electrons. The minimum atomic E-state index is -0.748. The van der Waals surface area contributed by atoms with Crippen molar-refractivity contribution in [3.8, 4) is 0 Å². The molecule has 0 aliphatic heterocycles. The third-order valence-corrected chi connectivity index (χ3v) is 0.803. The Morgan fingerprint density at radius 2 is 2.00 bits per heavy atom. The second-order valence-electron chi connectivity index (χ2n) is 0.827. The van der Waals surface area contributed by atoms with Crippen LogP contribution in [0.15, 0.2) is 0 Å². The second kappa shape index (κ2) is 9.94. The Morgan fingerprint density at radius 1 is 1.62 bits per heavy atom. The van der Waals surface area contributed by atoms with E-state index in [1.54, 1.807) is 6.26 Å². The molecule has 0 spiro atoms. The van der Waals surface area contributed by atoms with Crippen LogP contribution in [0.2, 0.25) is 0 Å². The maximum absolute atomic E-state index is 9.58. The number of carbonyl (C=O) groups is 1. The van der Waals surface area contributed by atoms with Crippen LogP contribution in [-0.2, 0) is 4.79 Å². The molecule has 0 heterocycles. The van der Waals surface area contributed by atoms with Gasteiger partial charge in [0.05, 0.1) is 5.75 Å². The predicted molar refractivity (Wildman–Crippen MR) is 37.4 cm³/mol. The molecule has 0 aliphatic rings. The number of aliphatic carboxylic acids is 1. The molecule has 0 aromatic carbocycles. The molecule has 0 amide bonds. The number of carboxylic acid groups (broad SMARTS) is 1. The lowest BCUT2D eigenvalue weighted by atomic mass is 10.8. The third-order valence-electron chi connectivity index (χ3n) is 0.268. The quantitative estimate of drug-likeness (QED) is 0.624. The van der Waals surface area contributed by atoms with Gasteiger partial charge in [-0.05, 0) is 6.26 Å². The number of rotatable bonds is 2. The molecular weight excluding hydrogens is 124 g/mol. The molecule has 0 fully saturated rings. The van der Waals surface area contributed by atoms with Crippen molar-refractivity contribution in [3.63, 3.8) is 0 Å². The van der Waals surface area contributed by atoms with Gasteiger partial charge < -0.3 is 5.11 Å². The van der Waals surface area contributed by atoms with Gasteiger partial charge in [-0.15, -0.1) is 0 Å². The number of hydrogen-bond donors (Lipinski definition) is 1. The van der Waals surface area contributed by atoms with Crippen molar-refractivity contribution < 1.29 is 9.90 Å². The van der Waals surface area contributed by atoms with Crippen LogP contribution in [0, 0.1) is 0 Å². The largest absolute Gasteiger partial charge is 0.481 e. The zero-order valence-electron chi connectivity index (χ0n) is 5.47. The molecule has 0 saturated carbocycles. The van der Waals surface area contributed by atoms with E-state index >= 15 is 0 Å². The summed E-state index contributed by atoms with van der Waals surface area (Å²) >= 11 is 1.31. The summed E-state index contributed by atoms with van der Waals surface area (Å²) in [5.41, 5.74) is 0. The SMILES string of the molecule is CC.CSCC(=O)O. The minimum absolute atomic E-state index is 0.208. The predicted octanol–water partition coefficient (Wildman–Crippen LogP) is 1.46. The van der Waals surface area contributed by atoms with Gasteiger partial charge in [0.15, 0.2) is 0 Å². The summed E-state index contributed by atoms with van der Waals surface area (Å²) in [5, 5.41) is 7.89. The maximum atomic E-state index is 9.58. The highest BCUT2D eigenvalue weighted by atomic mass is 32.2. The van der Waals surface area contributed by atoms with Gasteiger partial charge >= 0.3 is 5.97 Å².